The first-order chi connectivity index (χ1) is 9.42. The molecule has 1 aromatic carbocycles. The Morgan fingerprint density at radius 3 is 2.35 bits per heavy atom. The minimum atomic E-state index is 0.167. The lowest BCUT2D eigenvalue weighted by Gasteiger charge is -2.26. The molecule has 0 aromatic heterocycles. The minimum Gasteiger partial charge on any atom is -0.385 e. The Balaban J connectivity index is 2.60. The molecule has 0 spiro atoms. The van der Waals surface area contributed by atoms with Gasteiger partial charge in [-0.25, -0.2) is 0 Å². The Morgan fingerprint density at radius 1 is 1.15 bits per heavy atom. The second kappa shape index (κ2) is 8.81. The lowest BCUT2D eigenvalue weighted by molar-refractivity contribution is 0.191. The number of unbranched alkanes of at least 4 members (excludes halogenated alkanes) is 1. The molecule has 2 nitrogen and oxygen atoms in total. The van der Waals surface area contributed by atoms with Crippen molar-refractivity contribution >= 4 is 15.9 Å². The highest BCUT2D eigenvalue weighted by atomic mass is 79.9. The quantitative estimate of drug-likeness (QED) is 0.689. The third-order valence-corrected chi connectivity index (χ3v) is 3.90. The van der Waals surface area contributed by atoms with Crippen molar-refractivity contribution in [2.45, 2.75) is 51.5 Å². The van der Waals surface area contributed by atoms with E-state index >= 15 is 0 Å². The summed E-state index contributed by atoms with van der Waals surface area (Å²) in [6.45, 7) is 8.54. The van der Waals surface area contributed by atoms with Crippen molar-refractivity contribution in [2.24, 2.45) is 0 Å². The number of hydrogen-bond acceptors (Lipinski definition) is 2. The van der Waals surface area contributed by atoms with Gasteiger partial charge in [0.2, 0.25) is 0 Å². The van der Waals surface area contributed by atoms with Crippen molar-refractivity contribution in [1.82, 2.24) is 5.32 Å². The average Bonchev–Trinajstić information content (AvgIpc) is 2.38. The molecular weight excluding hydrogens is 314 g/mol. The highest BCUT2D eigenvalue weighted by Gasteiger charge is 2.15. The second-order valence-corrected chi connectivity index (χ2v) is 7.28. The van der Waals surface area contributed by atoms with Crippen molar-refractivity contribution in [2.75, 3.05) is 20.3 Å². The van der Waals surface area contributed by atoms with Crippen molar-refractivity contribution in [3.8, 4) is 0 Å². The molecule has 1 atom stereocenters. The molecule has 1 aromatic rings. The van der Waals surface area contributed by atoms with E-state index in [9.17, 15) is 0 Å². The van der Waals surface area contributed by atoms with Crippen LogP contribution in [0.2, 0.25) is 0 Å². The van der Waals surface area contributed by atoms with Crippen LogP contribution >= 0.6 is 15.9 Å². The highest BCUT2D eigenvalue weighted by molar-refractivity contribution is 9.10. The first kappa shape index (κ1) is 17.7. The van der Waals surface area contributed by atoms with E-state index in [0.29, 0.717) is 5.92 Å². The van der Waals surface area contributed by atoms with Crippen LogP contribution in [0.5, 0.6) is 0 Å². The van der Waals surface area contributed by atoms with Crippen LogP contribution in [0, 0.1) is 0 Å². The Kier molecular flexibility index (Phi) is 7.78. The van der Waals surface area contributed by atoms with Gasteiger partial charge in [0.05, 0.1) is 0 Å². The van der Waals surface area contributed by atoms with Gasteiger partial charge in [0, 0.05) is 30.3 Å². The molecule has 0 aliphatic heterocycles. The molecule has 1 N–H and O–H groups in total. The van der Waals surface area contributed by atoms with Gasteiger partial charge in [-0.05, 0) is 57.2 Å². The molecule has 20 heavy (non-hydrogen) atoms. The van der Waals surface area contributed by atoms with Crippen LogP contribution in [-0.4, -0.2) is 25.8 Å². The van der Waals surface area contributed by atoms with Crippen molar-refractivity contribution in [3.63, 3.8) is 0 Å². The number of nitrogens with one attached hydrogen (secondary N) is 1. The van der Waals surface area contributed by atoms with Crippen molar-refractivity contribution < 1.29 is 4.74 Å². The summed E-state index contributed by atoms with van der Waals surface area (Å²) >= 11 is 3.51. The fraction of sp³-hybridized carbons (Fsp3) is 0.647. The summed E-state index contributed by atoms with van der Waals surface area (Å²) in [7, 11) is 1.77. The van der Waals surface area contributed by atoms with Crippen LogP contribution in [0.15, 0.2) is 28.7 Å². The van der Waals surface area contributed by atoms with E-state index in [1.165, 1.54) is 18.4 Å². The van der Waals surface area contributed by atoms with Gasteiger partial charge in [0.1, 0.15) is 0 Å². The molecule has 0 aliphatic carbocycles. The number of ether oxygens (including phenoxy) is 1. The SMILES string of the molecule is COCCCCC(CNC(C)(C)C)c1ccc(Br)cc1. The summed E-state index contributed by atoms with van der Waals surface area (Å²) in [5, 5.41) is 3.63. The zero-order chi connectivity index (χ0) is 15.0. The lowest BCUT2D eigenvalue weighted by atomic mass is 9.92. The molecule has 114 valence electrons. The number of rotatable bonds is 8. The maximum atomic E-state index is 5.14. The number of methoxy groups -OCH3 is 1. The molecule has 1 rings (SSSR count). The van der Waals surface area contributed by atoms with E-state index in [4.69, 9.17) is 4.74 Å². The van der Waals surface area contributed by atoms with E-state index in [0.717, 1.165) is 24.0 Å². The van der Waals surface area contributed by atoms with Crippen molar-refractivity contribution in [1.29, 1.82) is 0 Å². The topological polar surface area (TPSA) is 21.3 Å². The molecule has 0 aliphatic rings. The van der Waals surface area contributed by atoms with Gasteiger partial charge in [-0.3, -0.25) is 0 Å². The van der Waals surface area contributed by atoms with Crippen LogP contribution in [-0.2, 0) is 4.74 Å². The Labute approximate surface area is 132 Å². The zero-order valence-electron chi connectivity index (χ0n) is 13.2. The third-order valence-electron chi connectivity index (χ3n) is 3.37. The summed E-state index contributed by atoms with van der Waals surface area (Å²) in [6.07, 6.45) is 3.55. The van der Waals surface area contributed by atoms with Gasteiger partial charge in [0.25, 0.3) is 0 Å². The van der Waals surface area contributed by atoms with Gasteiger partial charge in [-0.1, -0.05) is 34.5 Å². The normalized spacial score (nSPS) is 13.4. The second-order valence-electron chi connectivity index (χ2n) is 6.37. The highest BCUT2D eigenvalue weighted by Crippen LogP contribution is 2.24. The number of halogens is 1. The first-order valence-electron chi connectivity index (χ1n) is 7.42. The van der Waals surface area contributed by atoms with E-state index in [2.05, 4.69) is 66.3 Å². The average molecular weight is 342 g/mol. The predicted octanol–water partition coefficient (Wildman–Crippen LogP) is 4.74. The molecule has 0 fully saturated rings. The van der Waals surface area contributed by atoms with Crippen LogP contribution < -0.4 is 5.32 Å². The third kappa shape index (κ3) is 7.41. The van der Waals surface area contributed by atoms with Crippen LogP contribution in [0.25, 0.3) is 0 Å². The summed E-state index contributed by atoms with van der Waals surface area (Å²) in [4.78, 5) is 0. The fourth-order valence-corrected chi connectivity index (χ4v) is 2.45. The molecule has 0 heterocycles. The van der Waals surface area contributed by atoms with Gasteiger partial charge < -0.3 is 10.1 Å². The summed E-state index contributed by atoms with van der Waals surface area (Å²) in [5.41, 5.74) is 1.59. The van der Waals surface area contributed by atoms with E-state index < -0.39 is 0 Å². The molecular formula is C17H28BrNO. The van der Waals surface area contributed by atoms with Crippen LogP contribution in [0.4, 0.5) is 0 Å². The maximum absolute atomic E-state index is 5.14. The van der Waals surface area contributed by atoms with Crippen LogP contribution in [0.3, 0.4) is 0 Å². The Hall–Kier alpha value is -0.380. The number of benzene rings is 1. The minimum absolute atomic E-state index is 0.167. The Bertz CT molecular complexity index is 370. The number of hydrogen-bond donors (Lipinski definition) is 1. The molecule has 0 radical (unpaired) electrons. The van der Waals surface area contributed by atoms with Gasteiger partial charge in [-0.2, -0.15) is 0 Å². The summed E-state index contributed by atoms with van der Waals surface area (Å²) in [6, 6.07) is 8.73. The maximum Gasteiger partial charge on any atom is 0.0462 e. The summed E-state index contributed by atoms with van der Waals surface area (Å²) in [5.74, 6) is 0.569. The fourth-order valence-electron chi connectivity index (χ4n) is 2.19. The van der Waals surface area contributed by atoms with Crippen molar-refractivity contribution in [3.05, 3.63) is 34.3 Å². The van der Waals surface area contributed by atoms with E-state index in [1.54, 1.807) is 7.11 Å². The zero-order valence-corrected chi connectivity index (χ0v) is 14.8. The lowest BCUT2D eigenvalue weighted by Crippen LogP contribution is -2.38. The van der Waals surface area contributed by atoms with Gasteiger partial charge in [-0.15, -0.1) is 0 Å². The van der Waals surface area contributed by atoms with Gasteiger partial charge >= 0.3 is 0 Å². The molecule has 0 saturated carbocycles. The molecule has 0 saturated heterocycles. The largest absolute Gasteiger partial charge is 0.385 e. The van der Waals surface area contributed by atoms with Crippen LogP contribution in [0.1, 0.15) is 51.5 Å². The monoisotopic (exact) mass is 341 g/mol. The summed E-state index contributed by atoms with van der Waals surface area (Å²) < 4.78 is 6.28. The standard InChI is InChI=1S/C17H28BrNO/c1-17(2,3)19-13-15(7-5-6-12-20-4)14-8-10-16(18)11-9-14/h8-11,15,19H,5-7,12-13H2,1-4H3. The van der Waals surface area contributed by atoms with E-state index in [1.807, 2.05) is 0 Å². The molecule has 0 amide bonds. The first-order valence-corrected chi connectivity index (χ1v) is 8.21. The smallest absolute Gasteiger partial charge is 0.0462 e. The predicted molar refractivity (Wildman–Crippen MR) is 90.4 cm³/mol. The molecule has 3 heteroatoms. The molecule has 1 unspecified atom stereocenters. The van der Waals surface area contributed by atoms with E-state index in [-0.39, 0.29) is 5.54 Å². The Morgan fingerprint density at radius 2 is 1.80 bits per heavy atom. The molecule has 0 bridgehead atoms. The van der Waals surface area contributed by atoms with Gasteiger partial charge in [0.15, 0.2) is 0 Å².